The summed E-state index contributed by atoms with van der Waals surface area (Å²) in [6.07, 6.45) is -0.169. The normalized spacial score (nSPS) is 17.0. The van der Waals surface area contributed by atoms with E-state index < -0.39 is 47.1 Å². The second kappa shape index (κ2) is 8.56. The molecule has 2 N–H and O–H groups in total. The van der Waals surface area contributed by atoms with E-state index in [4.69, 9.17) is 0 Å². The minimum atomic E-state index is -1.28. The largest absolute Gasteiger partial charge is 0.357 e. The van der Waals surface area contributed by atoms with Crippen molar-refractivity contribution in [1.82, 2.24) is 10.6 Å². The Kier molecular flexibility index (Phi) is 6.09. The number of hydrogen-bond acceptors (Lipinski definition) is 3. The number of benzene rings is 2. The summed E-state index contributed by atoms with van der Waals surface area (Å²) < 4.78 is 41.1. The van der Waals surface area contributed by atoms with Gasteiger partial charge in [0.15, 0.2) is 11.6 Å². The molecule has 1 aliphatic heterocycles. The maximum absolute atomic E-state index is 14.2. The van der Waals surface area contributed by atoms with Crippen molar-refractivity contribution < 1.29 is 27.6 Å². The number of likely N-dealkylation sites (N-methyl/N-ethyl adjacent to an activating group) is 1. The lowest BCUT2D eigenvalue weighted by Crippen LogP contribution is -2.42. The highest BCUT2D eigenvalue weighted by Crippen LogP contribution is 2.29. The smallest absolute Gasteiger partial charge is 0.246 e. The molecule has 2 atom stereocenters. The van der Waals surface area contributed by atoms with E-state index in [9.17, 15) is 27.6 Å². The Morgan fingerprint density at radius 2 is 1.80 bits per heavy atom. The minimum Gasteiger partial charge on any atom is -0.357 e. The summed E-state index contributed by atoms with van der Waals surface area (Å²) in [7, 11) is 1.34. The molecule has 1 saturated heterocycles. The van der Waals surface area contributed by atoms with Gasteiger partial charge in [-0.2, -0.15) is 0 Å². The number of rotatable bonds is 5. The first kappa shape index (κ1) is 21.4. The zero-order chi connectivity index (χ0) is 22.0. The van der Waals surface area contributed by atoms with Gasteiger partial charge in [0.1, 0.15) is 11.9 Å². The van der Waals surface area contributed by atoms with Crippen LogP contribution >= 0.6 is 0 Å². The third-order valence-electron chi connectivity index (χ3n) is 4.96. The van der Waals surface area contributed by atoms with Gasteiger partial charge in [-0.15, -0.1) is 0 Å². The number of anilines is 1. The molecular weight excluding hydrogens is 399 g/mol. The van der Waals surface area contributed by atoms with Crippen molar-refractivity contribution in [2.24, 2.45) is 5.92 Å². The van der Waals surface area contributed by atoms with Crippen LogP contribution in [0.15, 0.2) is 36.4 Å². The number of carbonyl (C=O) groups excluding carboxylic acids is 3. The molecule has 0 radical (unpaired) electrons. The second-order valence-corrected chi connectivity index (χ2v) is 7.09. The highest BCUT2D eigenvalue weighted by atomic mass is 19.2. The summed E-state index contributed by atoms with van der Waals surface area (Å²) in [5.74, 6) is -5.35. The molecule has 9 heteroatoms. The summed E-state index contributed by atoms with van der Waals surface area (Å²) >= 11 is 0. The average molecular weight is 419 g/mol. The fourth-order valence-electron chi connectivity index (χ4n) is 3.34. The van der Waals surface area contributed by atoms with Gasteiger partial charge in [-0.3, -0.25) is 14.4 Å². The second-order valence-electron chi connectivity index (χ2n) is 7.09. The van der Waals surface area contributed by atoms with Crippen LogP contribution in [0, 0.1) is 30.3 Å². The van der Waals surface area contributed by atoms with Crippen LogP contribution in [0.2, 0.25) is 0 Å². The fourth-order valence-corrected chi connectivity index (χ4v) is 3.34. The molecule has 158 valence electrons. The van der Waals surface area contributed by atoms with Gasteiger partial charge in [-0.1, -0.05) is 12.1 Å². The van der Waals surface area contributed by atoms with Crippen LogP contribution in [0.3, 0.4) is 0 Å². The quantitative estimate of drug-likeness (QED) is 0.781. The molecule has 2 aromatic carbocycles. The highest BCUT2D eigenvalue weighted by molar-refractivity contribution is 6.01. The van der Waals surface area contributed by atoms with Crippen LogP contribution in [-0.4, -0.2) is 31.3 Å². The predicted octanol–water partition coefficient (Wildman–Crippen LogP) is 2.37. The Balaban J connectivity index is 1.78. The molecule has 1 heterocycles. The summed E-state index contributed by atoms with van der Waals surface area (Å²) in [5.41, 5.74) is 0.814. The van der Waals surface area contributed by atoms with Crippen LogP contribution in [0.5, 0.6) is 0 Å². The molecule has 0 saturated carbocycles. The van der Waals surface area contributed by atoms with Crippen LogP contribution in [-0.2, 0) is 14.4 Å². The summed E-state index contributed by atoms with van der Waals surface area (Å²) in [5, 5.41) is 4.83. The van der Waals surface area contributed by atoms with E-state index in [2.05, 4.69) is 10.6 Å². The lowest BCUT2D eigenvalue weighted by atomic mass is 10.0. The van der Waals surface area contributed by atoms with Crippen molar-refractivity contribution in [3.8, 4) is 0 Å². The zero-order valence-electron chi connectivity index (χ0n) is 16.3. The van der Waals surface area contributed by atoms with Gasteiger partial charge in [0.05, 0.1) is 11.6 Å². The maximum Gasteiger partial charge on any atom is 0.246 e. The number of amides is 3. The average Bonchev–Trinajstić information content (AvgIpc) is 3.09. The SMILES string of the molecule is CNC(=O)C(NC(=O)C1CC(=O)N(c2ccc(C)cc2F)C1)c1ccc(F)c(F)c1. The molecule has 3 rings (SSSR count). The van der Waals surface area contributed by atoms with Crippen molar-refractivity contribution in [2.45, 2.75) is 19.4 Å². The van der Waals surface area contributed by atoms with Crippen molar-refractivity contribution in [3.63, 3.8) is 0 Å². The summed E-state index contributed by atoms with van der Waals surface area (Å²) in [6.45, 7) is 1.65. The summed E-state index contributed by atoms with van der Waals surface area (Å²) in [6, 6.07) is 6.00. The third-order valence-corrected chi connectivity index (χ3v) is 4.96. The maximum atomic E-state index is 14.2. The van der Waals surface area contributed by atoms with E-state index in [1.165, 1.54) is 30.1 Å². The highest BCUT2D eigenvalue weighted by Gasteiger charge is 2.37. The summed E-state index contributed by atoms with van der Waals surface area (Å²) in [4.78, 5) is 38.5. The van der Waals surface area contributed by atoms with Crippen LogP contribution in [0.4, 0.5) is 18.9 Å². The molecular formula is C21H20F3N3O3. The standard InChI is InChI=1S/C21H20F3N3O3/c1-11-3-6-17(16(24)7-11)27-10-13(9-18(27)28)20(29)26-19(21(30)25-2)12-4-5-14(22)15(23)8-12/h3-8,13,19H,9-10H2,1-2H3,(H,25,30)(H,26,29). The van der Waals surface area contributed by atoms with E-state index in [0.29, 0.717) is 5.56 Å². The van der Waals surface area contributed by atoms with Crippen LogP contribution in [0.25, 0.3) is 0 Å². The first-order chi connectivity index (χ1) is 14.2. The van der Waals surface area contributed by atoms with Gasteiger partial charge in [0.25, 0.3) is 0 Å². The molecule has 0 spiro atoms. The van der Waals surface area contributed by atoms with Gasteiger partial charge in [-0.05, 0) is 42.3 Å². The van der Waals surface area contributed by atoms with E-state index in [-0.39, 0.29) is 24.2 Å². The molecule has 2 aromatic rings. The van der Waals surface area contributed by atoms with Crippen LogP contribution < -0.4 is 15.5 Å². The number of carbonyl (C=O) groups is 3. The van der Waals surface area contributed by atoms with Crippen molar-refractivity contribution >= 4 is 23.4 Å². The number of nitrogens with zero attached hydrogens (tertiary/aromatic N) is 1. The van der Waals surface area contributed by atoms with Crippen molar-refractivity contribution in [1.29, 1.82) is 0 Å². The minimum absolute atomic E-state index is 0.0485. The van der Waals surface area contributed by atoms with Crippen LogP contribution in [0.1, 0.15) is 23.6 Å². The van der Waals surface area contributed by atoms with E-state index in [1.807, 2.05) is 0 Å². The van der Waals surface area contributed by atoms with Crippen molar-refractivity contribution in [2.75, 3.05) is 18.5 Å². The Hall–Kier alpha value is -3.36. The van der Waals surface area contributed by atoms with E-state index in [1.54, 1.807) is 13.0 Å². The Morgan fingerprint density at radius 3 is 2.43 bits per heavy atom. The van der Waals surface area contributed by atoms with Gasteiger partial charge >= 0.3 is 0 Å². The molecule has 2 unspecified atom stereocenters. The molecule has 0 aromatic heterocycles. The number of hydrogen-bond donors (Lipinski definition) is 2. The van der Waals surface area contributed by atoms with Crippen molar-refractivity contribution in [3.05, 3.63) is 65.0 Å². The van der Waals surface area contributed by atoms with Gasteiger partial charge in [0, 0.05) is 20.0 Å². The molecule has 1 fully saturated rings. The Morgan fingerprint density at radius 1 is 1.07 bits per heavy atom. The van der Waals surface area contributed by atoms with Gasteiger partial charge in [-0.25, -0.2) is 13.2 Å². The zero-order valence-corrected chi connectivity index (χ0v) is 16.3. The Bertz CT molecular complexity index is 1010. The number of aryl methyl sites for hydroxylation is 1. The van der Waals surface area contributed by atoms with E-state index in [0.717, 1.165) is 12.1 Å². The number of nitrogens with one attached hydrogen (secondary N) is 2. The lowest BCUT2D eigenvalue weighted by molar-refractivity contribution is -0.131. The topological polar surface area (TPSA) is 78.5 Å². The van der Waals surface area contributed by atoms with Gasteiger partial charge in [0.2, 0.25) is 17.7 Å². The first-order valence-corrected chi connectivity index (χ1v) is 9.24. The fraction of sp³-hybridized carbons (Fsp3) is 0.286. The molecule has 6 nitrogen and oxygen atoms in total. The molecule has 1 aliphatic rings. The lowest BCUT2D eigenvalue weighted by Gasteiger charge is -2.21. The predicted molar refractivity (Wildman–Crippen MR) is 103 cm³/mol. The third kappa shape index (κ3) is 4.29. The van der Waals surface area contributed by atoms with Gasteiger partial charge < -0.3 is 15.5 Å². The van der Waals surface area contributed by atoms with E-state index >= 15 is 0 Å². The number of halogens is 3. The molecule has 0 bridgehead atoms. The monoisotopic (exact) mass is 419 g/mol. The first-order valence-electron chi connectivity index (χ1n) is 9.24. The molecule has 3 amide bonds. The Labute approximate surface area is 171 Å². The molecule has 0 aliphatic carbocycles. The molecule has 30 heavy (non-hydrogen) atoms.